The number of alkyl halides is 3. The van der Waals surface area contributed by atoms with Gasteiger partial charge in [-0.25, -0.2) is 0 Å². The van der Waals surface area contributed by atoms with E-state index in [0.717, 1.165) is 17.0 Å². The highest BCUT2D eigenvalue weighted by atomic mass is 32.2. The molecule has 2 aromatic rings. The molecule has 3 nitrogen and oxygen atoms in total. The second-order valence-corrected chi connectivity index (χ2v) is 5.30. The fraction of sp³-hybridized carbons (Fsp3) is 0.133. The van der Waals surface area contributed by atoms with Gasteiger partial charge in [0.1, 0.15) is 5.75 Å². The molecule has 0 unspecified atom stereocenters. The molecule has 0 saturated carbocycles. The molecule has 0 radical (unpaired) electrons. The van der Waals surface area contributed by atoms with E-state index in [2.05, 4.69) is 5.32 Å². The van der Waals surface area contributed by atoms with E-state index in [-0.39, 0.29) is 17.0 Å². The van der Waals surface area contributed by atoms with Crippen molar-refractivity contribution >= 4 is 23.4 Å². The molecule has 22 heavy (non-hydrogen) atoms. The number of nitrogens with one attached hydrogen (secondary N) is 1. The highest BCUT2D eigenvalue weighted by Crippen LogP contribution is 2.31. The highest BCUT2D eigenvalue weighted by Gasteiger charge is 2.30. The lowest BCUT2D eigenvalue weighted by atomic mass is 10.1. The Hall–Kier alpha value is -2.15. The predicted octanol–water partition coefficient (Wildman–Crippen LogP) is 4.39. The number of amides is 1. The molecule has 2 N–H and O–H groups in total. The lowest BCUT2D eigenvalue weighted by Crippen LogP contribution is -2.13. The first kappa shape index (κ1) is 16.2. The number of phenols is 1. The highest BCUT2D eigenvalue weighted by molar-refractivity contribution is 7.98. The van der Waals surface area contributed by atoms with Crippen molar-refractivity contribution in [2.75, 3.05) is 11.6 Å². The third-order valence-electron chi connectivity index (χ3n) is 2.90. The molecule has 0 heterocycles. The molecule has 0 aromatic heterocycles. The van der Waals surface area contributed by atoms with Gasteiger partial charge in [-0.2, -0.15) is 13.2 Å². The van der Waals surface area contributed by atoms with Crippen LogP contribution in [-0.4, -0.2) is 17.3 Å². The van der Waals surface area contributed by atoms with Gasteiger partial charge in [0.15, 0.2) is 0 Å². The summed E-state index contributed by atoms with van der Waals surface area (Å²) in [5.41, 5.74) is -0.842. The number of thioether (sulfide) groups is 1. The molecular formula is C15H12F3NO2S. The van der Waals surface area contributed by atoms with Gasteiger partial charge in [0.2, 0.25) is 0 Å². The smallest absolute Gasteiger partial charge is 0.416 e. The number of phenolic OH excluding ortho intramolecular Hbond substituents is 1. The summed E-state index contributed by atoms with van der Waals surface area (Å²) < 4.78 is 37.9. The Labute approximate surface area is 129 Å². The average molecular weight is 327 g/mol. The Morgan fingerprint density at radius 2 is 1.91 bits per heavy atom. The van der Waals surface area contributed by atoms with Crippen LogP contribution < -0.4 is 5.32 Å². The van der Waals surface area contributed by atoms with Gasteiger partial charge >= 0.3 is 6.18 Å². The third-order valence-corrected chi connectivity index (χ3v) is 3.62. The van der Waals surface area contributed by atoms with Crippen LogP contribution in [0.3, 0.4) is 0 Å². The van der Waals surface area contributed by atoms with Crippen molar-refractivity contribution in [3.8, 4) is 5.75 Å². The Morgan fingerprint density at radius 3 is 2.55 bits per heavy atom. The third kappa shape index (κ3) is 3.73. The van der Waals surface area contributed by atoms with E-state index >= 15 is 0 Å². The van der Waals surface area contributed by atoms with Crippen molar-refractivity contribution in [3.63, 3.8) is 0 Å². The Morgan fingerprint density at radius 1 is 1.18 bits per heavy atom. The zero-order valence-corrected chi connectivity index (χ0v) is 12.3. The number of rotatable bonds is 3. The first-order valence-corrected chi connectivity index (χ1v) is 7.39. The maximum atomic E-state index is 12.6. The first-order chi connectivity index (χ1) is 10.3. The van der Waals surface area contributed by atoms with Gasteiger partial charge < -0.3 is 10.4 Å². The molecule has 0 saturated heterocycles. The molecular weight excluding hydrogens is 315 g/mol. The largest absolute Gasteiger partial charge is 0.507 e. The molecule has 0 spiro atoms. The van der Waals surface area contributed by atoms with E-state index < -0.39 is 17.6 Å². The molecule has 2 rings (SSSR count). The second-order valence-electron chi connectivity index (χ2n) is 4.42. The second kappa shape index (κ2) is 6.31. The zero-order valence-electron chi connectivity index (χ0n) is 11.4. The Bertz CT molecular complexity index is 701. The Balaban J connectivity index is 2.26. The summed E-state index contributed by atoms with van der Waals surface area (Å²) in [6, 6.07) is 8.80. The number of hydrogen-bond donors (Lipinski definition) is 2. The van der Waals surface area contributed by atoms with Crippen LogP contribution in [0.15, 0.2) is 47.4 Å². The van der Waals surface area contributed by atoms with Gasteiger partial charge in [-0.1, -0.05) is 6.07 Å². The molecule has 0 fully saturated rings. The van der Waals surface area contributed by atoms with Gasteiger partial charge in [-0.15, -0.1) is 11.8 Å². The number of halogens is 3. The van der Waals surface area contributed by atoms with E-state index in [1.165, 1.54) is 36.0 Å². The summed E-state index contributed by atoms with van der Waals surface area (Å²) in [6.45, 7) is 0. The topological polar surface area (TPSA) is 49.3 Å². The molecule has 2 aromatic carbocycles. The number of aromatic hydroxyl groups is 1. The van der Waals surface area contributed by atoms with E-state index in [1.807, 2.05) is 0 Å². The van der Waals surface area contributed by atoms with Crippen LogP contribution in [0.25, 0.3) is 0 Å². The van der Waals surface area contributed by atoms with Crippen LogP contribution >= 0.6 is 11.8 Å². The van der Waals surface area contributed by atoms with E-state index in [9.17, 15) is 23.1 Å². The molecule has 0 aliphatic rings. The van der Waals surface area contributed by atoms with Gasteiger partial charge in [-0.3, -0.25) is 4.79 Å². The monoisotopic (exact) mass is 327 g/mol. The number of anilines is 1. The summed E-state index contributed by atoms with van der Waals surface area (Å²) in [4.78, 5) is 12.9. The van der Waals surface area contributed by atoms with Crippen molar-refractivity contribution in [1.29, 1.82) is 0 Å². The van der Waals surface area contributed by atoms with Gasteiger partial charge in [0.25, 0.3) is 5.91 Å². The fourth-order valence-electron chi connectivity index (χ4n) is 1.80. The van der Waals surface area contributed by atoms with E-state index in [4.69, 9.17) is 0 Å². The minimum Gasteiger partial charge on any atom is -0.507 e. The van der Waals surface area contributed by atoms with E-state index in [1.54, 1.807) is 12.3 Å². The van der Waals surface area contributed by atoms with Gasteiger partial charge in [0, 0.05) is 10.6 Å². The molecule has 116 valence electrons. The van der Waals surface area contributed by atoms with Crippen LogP contribution in [0, 0.1) is 0 Å². The minimum absolute atomic E-state index is 0.00395. The summed E-state index contributed by atoms with van der Waals surface area (Å²) in [5, 5.41) is 12.1. The van der Waals surface area contributed by atoms with Crippen LogP contribution in [0.4, 0.5) is 18.9 Å². The van der Waals surface area contributed by atoms with Crippen molar-refractivity contribution in [3.05, 3.63) is 53.6 Å². The van der Waals surface area contributed by atoms with Gasteiger partial charge in [-0.05, 0) is 42.7 Å². The molecule has 0 aliphatic carbocycles. The standard InChI is InChI=1S/C15H12F3NO2S/c1-22-11-5-6-13(20)12(8-11)14(21)19-10-4-2-3-9(7-10)15(16,17)18/h2-8,20H,1H3,(H,19,21). The molecule has 1 amide bonds. The van der Waals surface area contributed by atoms with Gasteiger partial charge in [0.05, 0.1) is 11.1 Å². The Kier molecular flexibility index (Phi) is 4.65. The predicted molar refractivity (Wildman–Crippen MR) is 79.3 cm³/mol. The van der Waals surface area contributed by atoms with Crippen molar-refractivity contribution in [1.82, 2.24) is 0 Å². The van der Waals surface area contributed by atoms with Crippen LogP contribution in [0.5, 0.6) is 5.75 Å². The quantitative estimate of drug-likeness (QED) is 0.822. The molecule has 0 bridgehead atoms. The van der Waals surface area contributed by atoms with Crippen LogP contribution in [0.2, 0.25) is 0 Å². The van der Waals surface area contributed by atoms with Crippen LogP contribution in [-0.2, 0) is 6.18 Å². The lowest BCUT2D eigenvalue weighted by molar-refractivity contribution is -0.137. The maximum absolute atomic E-state index is 12.6. The summed E-state index contributed by atoms with van der Waals surface area (Å²) in [5.74, 6) is -0.907. The lowest BCUT2D eigenvalue weighted by Gasteiger charge is -2.11. The van der Waals surface area contributed by atoms with Crippen molar-refractivity contribution < 1.29 is 23.1 Å². The number of hydrogen-bond acceptors (Lipinski definition) is 3. The average Bonchev–Trinajstić information content (AvgIpc) is 2.47. The summed E-state index contributed by atoms with van der Waals surface area (Å²) in [7, 11) is 0. The number of benzene rings is 2. The first-order valence-electron chi connectivity index (χ1n) is 6.17. The molecule has 7 heteroatoms. The maximum Gasteiger partial charge on any atom is 0.416 e. The zero-order chi connectivity index (χ0) is 16.3. The minimum atomic E-state index is -4.48. The molecule has 0 aliphatic heterocycles. The van der Waals surface area contributed by atoms with Crippen LogP contribution in [0.1, 0.15) is 15.9 Å². The summed E-state index contributed by atoms with van der Waals surface area (Å²) in [6.07, 6.45) is -2.68. The fourth-order valence-corrected chi connectivity index (χ4v) is 2.24. The number of carbonyl (C=O) groups excluding carboxylic acids is 1. The normalized spacial score (nSPS) is 11.3. The number of carbonyl (C=O) groups is 1. The SMILES string of the molecule is CSc1ccc(O)c(C(=O)Nc2cccc(C(F)(F)F)c2)c1. The summed E-state index contributed by atoms with van der Waals surface area (Å²) >= 11 is 1.38. The van der Waals surface area contributed by atoms with Crippen molar-refractivity contribution in [2.24, 2.45) is 0 Å². The van der Waals surface area contributed by atoms with Crippen molar-refractivity contribution in [2.45, 2.75) is 11.1 Å². The van der Waals surface area contributed by atoms with E-state index in [0.29, 0.717) is 0 Å². The molecule has 0 atom stereocenters.